The van der Waals surface area contributed by atoms with Gasteiger partial charge in [-0.1, -0.05) is 84.9 Å². The van der Waals surface area contributed by atoms with E-state index in [1.807, 2.05) is 50.3 Å². The third-order valence-electron chi connectivity index (χ3n) is 6.01. The van der Waals surface area contributed by atoms with Crippen molar-refractivity contribution in [1.29, 1.82) is 0 Å². The third-order valence-corrected chi connectivity index (χ3v) is 6.01. The first-order valence-electron chi connectivity index (χ1n) is 11.9. The Hall–Kier alpha value is -4.04. The van der Waals surface area contributed by atoms with Crippen LogP contribution in [0.15, 0.2) is 110 Å². The van der Waals surface area contributed by atoms with Crippen LogP contribution in [0.25, 0.3) is 11.1 Å². The molecule has 0 atom stereocenters. The SMILES string of the molecule is C=CCc1ccc(C)c(O)c1.C=CCc1ccc(C)c(O)c1.c1ccc2c(c1)Cc1ccccc1-2. The van der Waals surface area contributed by atoms with Crippen LogP contribution >= 0.6 is 0 Å². The van der Waals surface area contributed by atoms with Crippen molar-refractivity contribution >= 4 is 0 Å². The molecule has 0 amide bonds. The number of aromatic hydroxyl groups is 2. The second-order valence-electron chi connectivity index (χ2n) is 8.72. The number of allylic oxidation sites excluding steroid dienone is 2. The average Bonchev–Trinajstić information content (AvgIpc) is 3.24. The minimum Gasteiger partial charge on any atom is -0.508 e. The number of aryl methyl sites for hydroxylation is 2. The van der Waals surface area contributed by atoms with Crippen LogP contribution < -0.4 is 0 Å². The molecule has 0 radical (unpaired) electrons. The Balaban J connectivity index is 0.000000148. The van der Waals surface area contributed by atoms with Gasteiger partial charge in [-0.15, -0.1) is 13.2 Å². The number of rotatable bonds is 4. The molecule has 0 unspecified atom stereocenters. The lowest BCUT2D eigenvalue weighted by atomic mass is 10.1. The molecule has 0 saturated carbocycles. The monoisotopic (exact) mass is 462 g/mol. The smallest absolute Gasteiger partial charge is 0.118 e. The Labute approximate surface area is 209 Å². The topological polar surface area (TPSA) is 40.5 Å². The van der Waals surface area contributed by atoms with Gasteiger partial charge in [-0.2, -0.15) is 0 Å². The van der Waals surface area contributed by atoms with Crippen molar-refractivity contribution in [2.24, 2.45) is 0 Å². The number of benzene rings is 4. The van der Waals surface area contributed by atoms with E-state index in [0.29, 0.717) is 11.5 Å². The second-order valence-corrected chi connectivity index (χ2v) is 8.72. The largest absolute Gasteiger partial charge is 0.508 e. The molecular formula is C33H34O2. The van der Waals surface area contributed by atoms with E-state index >= 15 is 0 Å². The number of fused-ring (bicyclic) bond motifs is 3. The van der Waals surface area contributed by atoms with E-state index in [1.165, 1.54) is 22.3 Å². The molecule has 0 bridgehead atoms. The molecule has 0 aromatic heterocycles. The molecule has 0 aliphatic heterocycles. The van der Waals surface area contributed by atoms with Gasteiger partial charge in [0.25, 0.3) is 0 Å². The van der Waals surface area contributed by atoms with Crippen LogP contribution in [0, 0.1) is 13.8 Å². The Kier molecular flexibility index (Phi) is 9.09. The van der Waals surface area contributed by atoms with Gasteiger partial charge >= 0.3 is 0 Å². The van der Waals surface area contributed by atoms with Crippen molar-refractivity contribution in [2.45, 2.75) is 33.1 Å². The van der Waals surface area contributed by atoms with Crippen LogP contribution in [-0.2, 0) is 19.3 Å². The van der Waals surface area contributed by atoms with E-state index in [2.05, 4.69) is 61.7 Å². The Bertz CT molecular complexity index is 1200. The lowest BCUT2D eigenvalue weighted by Gasteiger charge is -2.00. The molecule has 5 rings (SSSR count). The summed E-state index contributed by atoms with van der Waals surface area (Å²) in [5, 5.41) is 18.6. The van der Waals surface area contributed by atoms with Crippen molar-refractivity contribution in [3.63, 3.8) is 0 Å². The van der Waals surface area contributed by atoms with Crippen LogP contribution in [0.1, 0.15) is 33.4 Å². The fourth-order valence-corrected chi connectivity index (χ4v) is 3.98. The van der Waals surface area contributed by atoms with E-state index < -0.39 is 0 Å². The molecule has 0 saturated heterocycles. The summed E-state index contributed by atoms with van der Waals surface area (Å²) in [4.78, 5) is 0. The van der Waals surface area contributed by atoms with E-state index in [9.17, 15) is 10.2 Å². The van der Waals surface area contributed by atoms with E-state index in [1.54, 1.807) is 12.1 Å². The molecule has 2 nitrogen and oxygen atoms in total. The summed E-state index contributed by atoms with van der Waals surface area (Å²) in [6.45, 7) is 11.0. The zero-order valence-corrected chi connectivity index (χ0v) is 20.7. The standard InChI is InChI=1S/C13H10.2C10H12O/c1-3-7-12-10(5-1)9-11-6-2-4-8-13(11)12;2*1-3-4-9-6-5-8(2)10(11)7-9/h1-8H,9H2;2*3,5-7,11H,1,4H2,2H3. The average molecular weight is 463 g/mol. The zero-order valence-electron chi connectivity index (χ0n) is 20.7. The van der Waals surface area contributed by atoms with Gasteiger partial charge in [0.05, 0.1) is 0 Å². The molecule has 178 valence electrons. The highest BCUT2D eigenvalue weighted by Gasteiger charge is 2.15. The van der Waals surface area contributed by atoms with Crippen molar-refractivity contribution in [3.8, 4) is 22.6 Å². The summed E-state index contributed by atoms with van der Waals surface area (Å²) >= 11 is 0. The van der Waals surface area contributed by atoms with Crippen molar-refractivity contribution < 1.29 is 10.2 Å². The highest BCUT2D eigenvalue weighted by molar-refractivity contribution is 5.76. The van der Waals surface area contributed by atoms with E-state index in [4.69, 9.17) is 0 Å². The quantitative estimate of drug-likeness (QED) is 0.265. The summed E-state index contributed by atoms with van der Waals surface area (Å²) < 4.78 is 0. The molecule has 4 aromatic carbocycles. The maximum absolute atomic E-state index is 9.29. The van der Waals surface area contributed by atoms with Gasteiger partial charge in [0.1, 0.15) is 11.5 Å². The van der Waals surface area contributed by atoms with Gasteiger partial charge in [-0.05, 0) is 89.8 Å². The van der Waals surface area contributed by atoms with Gasteiger partial charge in [-0.25, -0.2) is 0 Å². The Morgan fingerprint density at radius 3 is 1.40 bits per heavy atom. The van der Waals surface area contributed by atoms with Crippen molar-refractivity contribution in [2.75, 3.05) is 0 Å². The van der Waals surface area contributed by atoms with Crippen LogP contribution in [-0.4, -0.2) is 10.2 Å². The summed E-state index contributed by atoms with van der Waals surface area (Å²) in [5.41, 5.74) is 9.78. The fraction of sp³-hybridized carbons (Fsp3) is 0.152. The maximum atomic E-state index is 9.29. The molecule has 1 aliphatic rings. The van der Waals surface area contributed by atoms with Crippen LogP contribution in [0.4, 0.5) is 0 Å². The van der Waals surface area contributed by atoms with Crippen LogP contribution in [0.3, 0.4) is 0 Å². The Morgan fingerprint density at radius 2 is 1.03 bits per heavy atom. The number of hydrogen-bond donors (Lipinski definition) is 2. The normalized spacial score (nSPS) is 10.6. The fourth-order valence-electron chi connectivity index (χ4n) is 3.98. The lowest BCUT2D eigenvalue weighted by molar-refractivity contribution is 0.470. The predicted molar refractivity (Wildman–Crippen MR) is 148 cm³/mol. The Morgan fingerprint density at radius 1 is 0.629 bits per heavy atom. The van der Waals surface area contributed by atoms with Gasteiger partial charge < -0.3 is 10.2 Å². The molecule has 2 N–H and O–H groups in total. The summed E-state index contributed by atoms with van der Waals surface area (Å²) in [6, 6.07) is 28.7. The minimum atomic E-state index is 0.365. The van der Waals surface area contributed by atoms with Gasteiger partial charge in [0, 0.05) is 0 Å². The van der Waals surface area contributed by atoms with Crippen LogP contribution in [0.2, 0.25) is 0 Å². The number of phenols is 2. The summed E-state index contributed by atoms with van der Waals surface area (Å²) in [5.74, 6) is 0.730. The maximum Gasteiger partial charge on any atom is 0.118 e. The molecule has 2 heteroatoms. The molecule has 0 heterocycles. The second kappa shape index (κ2) is 12.4. The molecule has 4 aromatic rings. The first-order chi connectivity index (χ1) is 16.9. The third kappa shape index (κ3) is 6.97. The molecule has 35 heavy (non-hydrogen) atoms. The van der Waals surface area contributed by atoms with Crippen LogP contribution in [0.5, 0.6) is 11.5 Å². The zero-order chi connectivity index (χ0) is 25.2. The molecule has 0 fully saturated rings. The summed E-state index contributed by atoms with van der Waals surface area (Å²) in [6.07, 6.45) is 6.38. The van der Waals surface area contributed by atoms with E-state index in [-0.39, 0.29) is 0 Å². The minimum absolute atomic E-state index is 0.365. The van der Waals surface area contributed by atoms with E-state index in [0.717, 1.165) is 41.5 Å². The van der Waals surface area contributed by atoms with Gasteiger partial charge in [-0.3, -0.25) is 0 Å². The van der Waals surface area contributed by atoms with Gasteiger partial charge in [0.2, 0.25) is 0 Å². The molecule has 1 aliphatic carbocycles. The lowest BCUT2D eigenvalue weighted by Crippen LogP contribution is -1.81. The number of phenolic OH excluding ortho intramolecular Hbond substituents is 2. The summed E-state index contributed by atoms with van der Waals surface area (Å²) in [7, 11) is 0. The predicted octanol–water partition coefficient (Wildman–Crippen LogP) is 8.12. The first kappa shape index (κ1) is 25.6. The molecule has 0 spiro atoms. The highest BCUT2D eigenvalue weighted by atomic mass is 16.3. The number of hydrogen-bond acceptors (Lipinski definition) is 2. The van der Waals surface area contributed by atoms with Gasteiger partial charge in [0.15, 0.2) is 0 Å². The first-order valence-corrected chi connectivity index (χ1v) is 11.9. The highest BCUT2D eigenvalue weighted by Crippen LogP contribution is 2.35. The molecular weight excluding hydrogens is 428 g/mol. The van der Waals surface area contributed by atoms with Crippen molar-refractivity contribution in [3.05, 3.63) is 144 Å². The van der Waals surface area contributed by atoms with Crippen molar-refractivity contribution in [1.82, 2.24) is 0 Å².